The summed E-state index contributed by atoms with van der Waals surface area (Å²) in [6.07, 6.45) is 4.99. The first-order valence-corrected chi connectivity index (χ1v) is 7.19. The highest BCUT2D eigenvalue weighted by Gasteiger charge is 2.52. The van der Waals surface area contributed by atoms with Crippen LogP contribution in [0.15, 0.2) is 22.3 Å². The van der Waals surface area contributed by atoms with Gasteiger partial charge in [-0.15, -0.1) is 0 Å². The van der Waals surface area contributed by atoms with E-state index in [-0.39, 0.29) is 6.61 Å². The molecule has 1 aromatic rings. The number of rotatable bonds is 3. The number of aliphatic hydroxyl groups is 1. The zero-order chi connectivity index (χ0) is 15.0. The maximum Gasteiger partial charge on any atom is 0.493 e. The van der Waals surface area contributed by atoms with Gasteiger partial charge in [-0.2, -0.15) is 0 Å². The molecule has 0 amide bonds. The Morgan fingerprint density at radius 2 is 1.75 bits per heavy atom. The van der Waals surface area contributed by atoms with Crippen molar-refractivity contribution in [1.29, 1.82) is 0 Å². The third-order valence-electron chi connectivity index (χ3n) is 3.69. The number of aliphatic hydroxyl groups excluding tert-OH is 1. The molecule has 1 saturated heterocycles. The quantitative estimate of drug-likeness (QED) is 0.855. The molecule has 2 rings (SSSR count). The second-order valence-electron chi connectivity index (χ2n) is 5.73. The molecule has 20 heavy (non-hydrogen) atoms. The lowest BCUT2D eigenvalue weighted by Crippen LogP contribution is -2.41. The molecule has 5 nitrogen and oxygen atoms in total. The topological polar surface area (TPSA) is 64.5 Å². The van der Waals surface area contributed by atoms with E-state index in [1.807, 2.05) is 27.7 Å². The van der Waals surface area contributed by atoms with E-state index in [0.717, 1.165) is 4.47 Å². The maximum absolute atomic E-state index is 9.55. The van der Waals surface area contributed by atoms with Crippen molar-refractivity contribution in [3.05, 3.63) is 28.2 Å². The standard InChI is InChI=1S/C13H18BBrN2O3/c1-12(2)13(3,4)20-14(19-12)9(8-18)5-11-16-6-10(15)7-17-11/h5-7,18H,8H2,1-4H3. The number of hydrogen-bond donors (Lipinski definition) is 1. The van der Waals surface area contributed by atoms with Crippen molar-refractivity contribution < 1.29 is 14.4 Å². The highest BCUT2D eigenvalue weighted by molar-refractivity contribution is 9.10. The predicted octanol–water partition coefficient (Wildman–Crippen LogP) is 2.25. The Morgan fingerprint density at radius 1 is 1.25 bits per heavy atom. The summed E-state index contributed by atoms with van der Waals surface area (Å²) in [7, 11) is -0.586. The summed E-state index contributed by atoms with van der Waals surface area (Å²) in [6, 6.07) is 0. The van der Waals surface area contributed by atoms with E-state index in [4.69, 9.17) is 9.31 Å². The molecule has 0 radical (unpaired) electrons. The summed E-state index contributed by atoms with van der Waals surface area (Å²) in [5.41, 5.74) is -0.273. The monoisotopic (exact) mass is 340 g/mol. The first-order valence-electron chi connectivity index (χ1n) is 6.40. The smallest absolute Gasteiger partial charge is 0.400 e. The Hall–Kier alpha value is -0.755. The highest BCUT2D eigenvalue weighted by Crippen LogP contribution is 2.38. The minimum Gasteiger partial charge on any atom is -0.400 e. The minimum absolute atomic E-state index is 0.170. The van der Waals surface area contributed by atoms with Gasteiger partial charge >= 0.3 is 7.12 Å². The lowest BCUT2D eigenvalue weighted by Gasteiger charge is -2.32. The molecule has 0 atom stereocenters. The summed E-state index contributed by atoms with van der Waals surface area (Å²) >= 11 is 3.28. The minimum atomic E-state index is -0.586. The second-order valence-corrected chi connectivity index (χ2v) is 6.64. The van der Waals surface area contributed by atoms with Gasteiger partial charge in [0.15, 0.2) is 5.82 Å². The molecule has 7 heteroatoms. The van der Waals surface area contributed by atoms with Crippen molar-refractivity contribution in [2.24, 2.45) is 0 Å². The Kier molecular flexibility index (Phi) is 4.34. The van der Waals surface area contributed by atoms with E-state index >= 15 is 0 Å². The van der Waals surface area contributed by atoms with Crippen LogP contribution in [0, 0.1) is 0 Å². The van der Waals surface area contributed by atoms with Crippen molar-refractivity contribution in [2.75, 3.05) is 6.61 Å². The van der Waals surface area contributed by atoms with Gasteiger partial charge in [0.1, 0.15) is 0 Å². The van der Waals surface area contributed by atoms with E-state index in [0.29, 0.717) is 11.3 Å². The molecule has 1 aromatic heterocycles. The van der Waals surface area contributed by atoms with Gasteiger partial charge in [0, 0.05) is 12.4 Å². The van der Waals surface area contributed by atoms with Gasteiger partial charge in [-0.1, -0.05) is 0 Å². The van der Waals surface area contributed by atoms with Crippen LogP contribution >= 0.6 is 15.9 Å². The third kappa shape index (κ3) is 3.11. The maximum atomic E-state index is 9.55. The molecule has 1 N–H and O–H groups in total. The molecule has 1 aliphatic rings. The molecule has 2 heterocycles. The van der Waals surface area contributed by atoms with E-state index in [2.05, 4.69) is 25.9 Å². The molecular weight excluding hydrogens is 323 g/mol. The van der Waals surface area contributed by atoms with E-state index in [1.165, 1.54) is 0 Å². The second kappa shape index (κ2) is 5.56. The molecule has 0 unspecified atom stereocenters. The SMILES string of the molecule is CC1(C)OB(C(=Cc2ncc(Br)cn2)CO)OC1(C)C. The number of nitrogens with zero attached hydrogens (tertiary/aromatic N) is 2. The summed E-state index contributed by atoms with van der Waals surface area (Å²) in [6.45, 7) is 7.71. The molecule has 0 aliphatic carbocycles. The van der Waals surface area contributed by atoms with Crippen LogP contribution in [0.3, 0.4) is 0 Å². The predicted molar refractivity (Wildman–Crippen MR) is 80.9 cm³/mol. The largest absolute Gasteiger partial charge is 0.493 e. The number of hydrogen-bond acceptors (Lipinski definition) is 5. The van der Waals surface area contributed by atoms with Gasteiger partial charge < -0.3 is 14.4 Å². The van der Waals surface area contributed by atoms with Gasteiger partial charge in [-0.25, -0.2) is 9.97 Å². The van der Waals surface area contributed by atoms with Crippen molar-refractivity contribution in [3.8, 4) is 0 Å². The molecular formula is C13H18BBrN2O3. The fourth-order valence-electron chi connectivity index (χ4n) is 1.75. The average Bonchev–Trinajstić information content (AvgIpc) is 2.57. The summed E-state index contributed by atoms with van der Waals surface area (Å²) in [5, 5.41) is 9.55. The summed E-state index contributed by atoms with van der Waals surface area (Å²) in [4.78, 5) is 8.31. The van der Waals surface area contributed by atoms with Gasteiger partial charge in [0.05, 0.1) is 22.3 Å². The Bertz CT molecular complexity index is 501. The van der Waals surface area contributed by atoms with Crippen LogP contribution in [-0.4, -0.2) is 40.0 Å². The fourth-order valence-corrected chi connectivity index (χ4v) is 1.95. The zero-order valence-electron chi connectivity index (χ0n) is 12.1. The first-order chi connectivity index (χ1) is 9.25. The van der Waals surface area contributed by atoms with Crippen LogP contribution in [-0.2, 0) is 9.31 Å². The van der Waals surface area contributed by atoms with Gasteiger partial charge in [0.25, 0.3) is 0 Å². The molecule has 0 aromatic carbocycles. The van der Waals surface area contributed by atoms with Crippen molar-refractivity contribution in [2.45, 2.75) is 38.9 Å². The van der Waals surface area contributed by atoms with Crippen LogP contribution in [0.2, 0.25) is 0 Å². The van der Waals surface area contributed by atoms with Crippen LogP contribution in [0.25, 0.3) is 6.08 Å². The molecule has 0 bridgehead atoms. The van der Waals surface area contributed by atoms with Crippen LogP contribution in [0.1, 0.15) is 33.5 Å². The van der Waals surface area contributed by atoms with Crippen molar-refractivity contribution in [3.63, 3.8) is 0 Å². The van der Waals surface area contributed by atoms with Gasteiger partial charge in [-0.05, 0) is 55.2 Å². The highest BCUT2D eigenvalue weighted by atomic mass is 79.9. The van der Waals surface area contributed by atoms with E-state index in [1.54, 1.807) is 18.5 Å². The molecule has 1 fully saturated rings. The fraction of sp³-hybridized carbons (Fsp3) is 0.538. The summed E-state index contributed by atoms with van der Waals surface area (Å²) in [5.74, 6) is 0.506. The lowest BCUT2D eigenvalue weighted by atomic mass is 9.78. The molecule has 0 spiro atoms. The Balaban J connectivity index is 2.24. The summed E-state index contributed by atoms with van der Waals surface area (Å²) < 4.78 is 12.6. The van der Waals surface area contributed by atoms with Crippen LogP contribution in [0.5, 0.6) is 0 Å². The molecule has 108 valence electrons. The zero-order valence-corrected chi connectivity index (χ0v) is 13.6. The number of halogens is 1. The molecule has 1 aliphatic heterocycles. The van der Waals surface area contributed by atoms with Gasteiger partial charge in [0.2, 0.25) is 0 Å². The lowest BCUT2D eigenvalue weighted by molar-refractivity contribution is 0.00578. The molecule has 0 saturated carbocycles. The van der Waals surface area contributed by atoms with E-state index < -0.39 is 18.3 Å². The Morgan fingerprint density at radius 3 is 2.20 bits per heavy atom. The van der Waals surface area contributed by atoms with Crippen molar-refractivity contribution in [1.82, 2.24) is 9.97 Å². The van der Waals surface area contributed by atoms with Gasteiger partial charge in [-0.3, -0.25) is 0 Å². The normalized spacial score (nSPS) is 21.3. The van der Waals surface area contributed by atoms with E-state index in [9.17, 15) is 5.11 Å². The average molecular weight is 341 g/mol. The van der Waals surface area contributed by atoms with Crippen molar-refractivity contribution >= 4 is 29.1 Å². The number of aromatic nitrogens is 2. The Labute approximate surface area is 127 Å². The van der Waals surface area contributed by atoms with Crippen LogP contribution in [0.4, 0.5) is 0 Å². The third-order valence-corrected chi connectivity index (χ3v) is 4.10. The van der Waals surface area contributed by atoms with Crippen LogP contribution < -0.4 is 0 Å². The first kappa shape index (κ1) is 15.6.